The zero-order valence-corrected chi connectivity index (χ0v) is 20.1. The van der Waals surface area contributed by atoms with E-state index in [1.807, 2.05) is 37.3 Å². The van der Waals surface area contributed by atoms with Crippen molar-refractivity contribution in [2.75, 3.05) is 36.4 Å². The summed E-state index contributed by atoms with van der Waals surface area (Å²) in [5.41, 5.74) is 2.54. The van der Waals surface area contributed by atoms with Gasteiger partial charge in [0.1, 0.15) is 17.2 Å². The number of benzene rings is 1. The lowest BCUT2D eigenvalue weighted by Crippen LogP contribution is -2.50. The number of aryl methyl sites for hydroxylation is 2. The molecule has 0 unspecified atom stereocenters. The van der Waals surface area contributed by atoms with Crippen molar-refractivity contribution in [2.45, 2.75) is 20.3 Å². The lowest BCUT2D eigenvalue weighted by atomic mass is 10.1. The van der Waals surface area contributed by atoms with Crippen molar-refractivity contribution in [3.8, 4) is 22.6 Å². The van der Waals surface area contributed by atoms with Gasteiger partial charge < -0.3 is 24.2 Å². The molecule has 2 amide bonds. The van der Waals surface area contributed by atoms with Gasteiger partial charge in [-0.05, 0) is 25.1 Å². The lowest BCUT2D eigenvalue weighted by molar-refractivity contribution is 0.208. The molecule has 0 atom stereocenters. The number of halogens is 1. The number of pyridine rings is 1. The minimum atomic E-state index is -0.212. The predicted octanol–water partition coefficient (Wildman–Crippen LogP) is 4.66. The standard InChI is InChI=1S/C24H24ClN7O3/c1-3-20-27-23(30-35-20)16-8-9-19(26-14-16)31-10-12-32(13-11-31)24(33)28-21-15(2)34-29-22(21)17-6-4-5-7-18(17)25/h4-9,14H,3,10-13H2,1-2H3,(H,28,33). The predicted molar refractivity (Wildman–Crippen MR) is 131 cm³/mol. The molecule has 0 spiro atoms. The van der Waals surface area contributed by atoms with Crippen molar-refractivity contribution in [3.63, 3.8) is 0 Å². The minimum Gasteiger partial charge on any atom is -0.359 e. The number of carbonyl (C=O) groups excluding carboxylic acids is 1. The van der Waals surface area contributed by atoms with Crippen LogP contribution in [0.4, 0.5) is 16.3 Å². The Morgan fingerprint density at radius 2 is 1.89 bits per heavy atom. The maximum absolute atomic E-state index is 13.0. The first kappa shape index (κ1) is 22.9. The third kappa shape index (κ3) is 4.69. The van der Waals surface area contributed by atoms with Gasteiger partial charge in [-0.2, -0.15) is 4.98 Å². The summed E-state index contributed by atoms with van der Waals surface area (Å²) >= 11 is 6.32. The molecule has 10 nitrogen and oxygen atoms in total. The fourth-order valence-corrected chi connectivity index (χ4v) is 4.13. The maximum atomic E-state index is 13.0. The molecule has 180 valence electrons. The Kier molecular flexibility index (Phi) is 6.37. The number of rotatable bonds is 5. The van der Waals surface area contributed by atoms with Crippen LogP contribution >= 0.6 is 11.6 Å². The van der Waals surface area contributed by atoms with Crippen molar-refractivity contribution in [3.05, 3.63) is 59.3 Å². The monoisotopic (exact) mass is 493 g/mol. The Hall–Kier alpha value is -3.92. The summed E-state index contributed by atoms with van der Waals surface area (Å²) < 4.78 is 10.5. The number of carbonyl (C=O) groups is 1. The fraction of sp³-hybridized carbons (Fsp3) is 0.292. The average Bonchev–Trinajstić information content (AvgIpc) is 3.52. The third-order valence-corrected chi connectivity index (χ3v) is 6.22. The number of nitrogens with zero attached hydrogens (tertiary/aromatic N) is 6. The van der Waals surface area contributed by atoms with E-state index in [1.165, 1.54) is 0 Å². The second-order valence-corrected chi connectivity index (χ2v) is 8.52. The van der Waals surface area contributed by atoms with E-state index in [-0.39, 0.29) is 6.03 Å². The van der Waals surface area contributed by atoms with Gasteiger partial charge in [0.05, 0.1) is 5.02 Å². The van der Waals surface area contributed by atoms with Crippen LogP contribution in [0.1, 0.15) is 18.6 Å². The molecule has 1 aliphatic rings. The number of piperazine rings is 1. The summed E-state index contributed by atoms with van der Waals surface area (Å²) in [6, 6.07) is 11.0. The van der Waals surface area contributed by atoms with Crippen molar-refractivity contribution in [2.24, 2.45) is 0 Å². The van der Waals surface area contributed by atoms with Crippen molar-refractivity contribution >= 4 is 29.1 Å². The Morgan fingerprint density at radius 3 is 2.57 bits per heavy atom. The molecule has 11 heteroatoms. The summed E-state index contributed by atoms with van der Waals surface area (Å²) in [6.07, 6.45) is 2.43. The third-order valence-electron chi connectivity index (χ3n) is 5.89. The van der Waals surface area contributed by atoms with E-state index in [4.69, 9.17) is 20.6 Å². The zero-order chi connectivity index (χ0) is 24.4. The molecule has 3 aromatic heterocycles. The van der Waals surface area contributed by atoms with Gasteiger partial charge in [-0.3, -0.25) is 0 Å². The highest BCUT2D eigenvalue weighted by Gasteiger charge is 2.25. The molecular weight excluding hydrogens is 470 g/mol. The molecule has 0 saturated carbocycles. The SMILES string of the molecule is CCc1nc(-c2ccc(N3CCN(C(=O)Nc4c(-c5ccccc5Cl)noc4C)CC3)nc2)no1. The first-order chi connectivity index (χ1) is 17.0. The molecule has 0 aliphatic carbocycles. The van der Waals surface area contributed by atoms with E-state index >= 15 is 0 Å². The second kappa shape index (κ2) is 9.75. The van der Waals surface area contributed by atoms with E-state index in [0.717, 1.165) is 11.4 Å². The topological polar surface area (TPSA) is 113 Å². The van der Waals surface area contributed by atoms with Crippen molar-refractivity contribution in [1.82, 2.24) is 25.2 Å². The first-order valence-corrected chi connectivity index (χ1v) is 11.7. The first-order valence-electron chi connectivity index (χ1n) is 11.3. The van der Waals surface area contributed by atoms with Gasteiger partial charge in [0, 0.05) is 49.9 Å². The van der Waals surface area contributed by atoms with Crippen LogP contribution in [-0.4, -0.2) is 57.4 Å². The number of nitrogens with one attached hydrogen (secondary N) is 1. The molecule has 1 aromatic carbocycles. The Morgan fingerprint density at radius 1 is 1.09 bits per heavy atom. The number of hydrogen-bond donors (Lipinski definition) is 1. The second-order valence-electron chi connectivity index (χ2n) is 8.12. The molecule has 1 fully saturated rings. The van der Waals surface area contributed by atoms with Crippen molar-refractivity contribution < 1.29 is 13.8 Å². The van der Waals surface area contributed by atoms with Gasteiger partial charge in [0.25, 0.3) is 0 Å². The van der Waals surface area contributed by atoms with Crippen LogP contribution in [-0.2, 0) is 6.42 Å². The Bertz CT molecular complexity index is 1330. The summed E-state index contributed by atoms with van der Waals surface area (Å²) in [4.78, 5) is 25.8. The average molecular weight is 494 g/mol. The van der Waals surface area contributed by atoms with Gasteiger partial charge in [0.15, 0.2) is 5.76 Å². The van der Waals surface area contributed by atoms with Crippen LogP contribution in [0.5, 0.6) is 0 Å². The molecule has 5 rings (SSSR count). The van der Waals surface area contributed by atoms with Crippen LogP contribution in [0.2, 0.25) is 5.02 Å². The van der Waals surface area contributed by atoms with E-state index < -0.39 is 0 Å². The van der Waals surface area contributed by atoms with Crippen LogP contribution < -0.4 is 10.2 Å². The molecular formula is C24H24ClN7O3. The highest BCUT2D eigenvalue weighted by Crippen LogP contribution is 2.34. The number of amides is 2. The van der Waals surface area contributed by atoms with Gasteiger partial charge in [-0.25, -0.2) is 9.78 Å². The highest BCUT2D eigenvalue weighted by atomic mass is 35.5. The normalized spacial score (nSPS) is 13.8. The summed E-state index contributed by atoms with van der Waals surface area (Å²) in [7, 11) is 0. The maximum Gasteiger partial charge on any atom is 0.322 e. The lowest BCUT2D eigenvalue weighted by Gasteiger charge is -2.35. The summed E-state index contributed by atoms with van der Waals surface area (Å²) in [5, 5.41) is 11.6. The van der Waals surface area contributed by atoms with Crippen LogP contribution in [0, 0.1) is 6.92 Å². The fourth-order valence-electron chi connectivity index (χ4n) is 3.90. The molecule has 1 saturated heterocycles. The molecule has 0 bridgehead atoms. The van der Waals surface area contributed by atoms with E-state index in [1.54, 1.807) is 24.1 Å². The Balaban J connectivity index is 1.22. The molecule has 4 heterocycles. The Labute approximate surface area is 206 Å². The van der Waals surface area contributed by atoms with Crippen LogP contribution in [0.15, 0.2) is 51.6 Å². The van der Waals surface area contributed by atoms with Crippen LogP contribution in [0.25, 0.3) is 22.6 Å². The van der Waals surface area contributed by atoms with Gasteiger partial charge >= 0.3 is 6.03 Å². The number of aromatic nitrogens is 4. The summed E-state index contributed by atoms with van der Waals surface area (Å²) in [6.45, 7) is 6.12. The van der Waals surface area contributed by atoms with Crippen LogP contribution in [0.3, 0.4) is 0 Å². The molecule has 1 N–H and O–H groups in total. The number of hydrogen-bond acceptors (Lipinski definition) is 8. The van der Waals surface area contributed by atoms with E-state index in [9.17, 15) is 4.79 Å². The minimum absolute atomic E-state index is 0.212. The number of anilines is 2. The summed E-state index contributed by atoms with van der Waals surface area (Å²) in [5.74, 6) is 2.48. The molecule has 0 radical (unpaired) electrons. The quantitative estimate of drug-likeness (QED) is 0.427. The highest BCUT2D eigenvalue weighted by molar-refractivity contribution is 6.33. The smallest absolute Gasteiger partial charge is 0.322 e. The van der Waals surface area contributed by atoms with Gasteiger partial charge in [0.2, 0.25) is 11.7 Å². The molecule has 1 aliphatic heterocycles. The molecule has 4 aromatic rings. The van der Waals surface area contributed by atoms with Gasteiger partial charge in [-0.1, -0.05) is 47.0 Å². The van der Waals surface area contributed by atoms with E-state index in [2.05, 4.69) is 30.5 Å². The molecule has 35 heavy (non-hydrogen) atoms. The number of urea groups is 1. The zero-order valence-electron chi connectivity index (χ0n) is 19.4. The van der Waals surface area contributed by atoms with Crippen molar-refractivity contribution in [1.29, 1.82) is 0 Å². The van der Waals surface area contributed by atoms with E-state index in [0.29, 0.717) is 72.0 Å². The largest absolute Gasteiger partial charge is 0.359 e. The van der Waals surface area contributed by atoms with Gasteiger partial charge in [-0.15, -0.1) is 0 Å².